The predicted octanol–water partition coefficient (Wildman–Crippen LogP) is 4.33. The van der Waals surface area contributed by atoms with Gasteiger partial charge in [-0.15, -0.1) is 11.6 Å². The van der Waals surface area contributed by atoms with Crippen LogP contribution in [0.5, 0.6) is 11.8 Å². The third-order valence-corrected chi connectivity index (χ3v) is 2.68. The Bertz CT molecular complexity index is 494. The van der Waals surface area contributed by atoms with Crippen molar-refractivity contribution in [2.24, 2.45) is 0 Å². The maximum absolute atomic E-state index is 5.65. The van der Waals surface area contributed by atoms with Crippen LogP contribution in [0.1, 0.15) is 31.0 Å². The zero-order valence-electron chi connectivity index (χ0n) is 9.81. The van der Waals surface area contributed by atoms with E-state index < -0.39 is 0 Å². The number of hydrogen-bond acceptors (Lipinski definition) is 3. The minimum Gasteiger partial charge on any atom is -0.417 e. The first-order chi connectivity index (χ1) is 8.20. The SMILES string of the molecule is CC(C)c1ccccc1Oc1nc(CCl)co1. The Hall–Kier alpha value is -1.48. The van der Waals surface area contributed by atoms with Crippen molar-refractivity contribution in [3.63, 3.8) is 0 Å². The Morgan fingerprint density at radius 3 is 2.76 bits per heavy atom. The lowest BCUT2D eigenvalue weighted by Gasteiger charge is -2.10. The van der Waals surface area contributed by atoms with Crippen molar-refractivity contribution >= 4 is 11.6 Å². The molecule has 0 fully saturated rings. The fourth-order valence-corrected chi connectivity index (χ4v) is 1.66. The van der Waals surface area contributed by atoms with Gasteiger partial charge in [-0.3, -0.25) is 0 Å². The summed E-state index contributed by atoms with van der Waals surface area (Å²) in [6, 6.07) is 7.85. The van der Waals surface area contributed by atoms with E-state index in [1.807, 2.05) is 24.3 Å². The Morgan fingerprint density at radius 2 is 2.12 bits per heavy atom. The molecule has 2 aromatic rings. The van der Waals surface area contributed by atoms with Crippen molar-refractivity contribution in [3.05, 3.63) is 41.8 Å². The van der Waals surface area contributed by atoms with Crippen LogP contribution in [0.25, 0.3) is 0 Å². The van der Waals surface area contributed by atoms with Gasteiger partial charge in [0.1, 0.15) is 12.0 Å². The quantitative estimate of drug-likeness (QED) is 0.759. The molecule has 0 aliphatic carbocycles. The van der Waals surface area contributed by atoms with Gasteiger partial charge in [-0.1, -0.05) is 32.0 Å². The van der Waals surface area contributed by atoms with Crippen LogP contribution in [-0.4, -0.2) is 4.98 Å². The van der Waals surface area contributed by atoms with Crippen molar-refractivity contribution in [2.75, 3.05) is 0 Å². The fraction of sp³-hybridized carbons (Fsp3) is 0.308. The summed E-state index contributed by atoms with van der Waals surface area (Å²) < 4.78 is 10.8. The Morgan fingerprint density at radius 1 is 1.35 bits per heavy atom. The zero-order chi connectivity index (χ0) is 12.3. The monoisotopic (exact) mass is 251 g/mol. The standard InChI is InChI=1S/C13H14ClNO2/c1-9(2)11-5-3-4-6-12(11)17-13-15-10(7-14)8-16-13/h3-6,8-9H,7H2,1-2H3. The molecule has 2 rings (SSSR count). The highest BCUT2D eigenvalue weighted by molar-refractivity contribution is 6.16. The molecule has 0 atom stereocenters. The van der Waals surface area contributed by atoms with E-state index in [1.54, 1.807) is 0 Å². The second-order valence-corrected chi connectivity index (χ2v) is 4.30. The smallest absolute Gasteiger partial charge is 0.399 e. The zero-order valence-corrected chi connectivity index (χ0v) is 10.6. The molecule has 0 saturated heterocycles. The van der Waals surface area contributed by atoms with E-state index in [0.717, 1.165) is 11.3 Å². The van der Waals surface area contributed by atoms with Gasteiger partial charge < -0.3 is 9.15 Å². The van der Waals surface area contributed by atoms with Gasteiger partial charge in [0.25, 0.3) is 0 Å². The molecule has 1 heterocycles. The van der Waals surface area contributed by atoms with Crippen molar-refractivity contribution < 1.29 is 9.15 Å². The molecule has 0 unspecified atom stereocenters. The molecule has 0 radical (unpaired) electrons. The molecule has 0 aliphatic heterocycles. The highest BCUT2D eigenvalue weighted by Crippen LogP contribution is 2.29. The summed E-state index contributed by atoms with van der Waals surface area (Å²) in [5, 5.41) is 0. The molecule has 0 saturated carbocycles. The average Bonchev–Trinajstić information content (AvgIpc) is 2.77. The third kappa shape index (κ3) is 2.80. The predicted molar refractivity (Wildman–Crippen MR) is 66.7 cm³/mol. The van der Waals surface area contributed by atoms with Gasteiger partial charge in [0.05, 0.1) is 11.6 Å². The highest BCUT2D eigenvalue weighted by atomic mass is 35.5. The van der Waals surface area contributed by atoms with E-state index in [2.05, 4.69) is 18.8 Å². The number of hydrogen-bond donors (Lipinski definition) is 0. The molecule has 0 bridgehead atoms. The number of halogens is 1. The Kier molecular flexibility index (Phi) is 3.69. The van der Waals surface area contributed by atoms with Gasteiger partial charge in [0, 0.05) is 0 Å². The molecule has 0 aliphatic rings. The van der Waals surface area contributed by atoms with Crippen LogP contribution in [-0.2, 0) is 5.88 Å². The van der Waals surface area contributed by atoms with Gasteiger partial charge in [0.2, 0.25) is 0 Å². The Balaban J connectivity index is 2.23. The number of ether oxygens (including phenoxy) is 1. The minimum atomic E-state index is 0.230. The number of aromatic nitrogens is 1. The van der Waals surface area contributed by atoms with Crippen LogP contribution >= 0.6 is 11.6 Å². The van der Waals surface area contributed by atoms with Gasteiger partial charge in [-0.05, 0) is 17.5 Å². The molecule has 4 heteroatoms. The summed E-state index contributed by atoms with van der Waals surface area (Å²) >= 11 is 5.65. The van der Waals surface area contributed by atoms with E-state index in [4.69, 9.17) is 20.8 Å². The second kappa shape index (κ2) is 5.23. The number of oxazole rings is 1. The number of rotatable bonds is 4. The molecule has 0 N–H and O–H groups in total. The average molecular weight is 252 g/mol. The Labute approximate surface area is 105 Å². The van der Waals surface area contributed by atoms with Gasteiger partial charge >= 0.3 is 6.08 Å². The van der Waals surface area contributed by atoms with E-state index in [-0.39, 0.29) is 6.08 Å². The van der Waals surface area contributed by atoms with Crippen LogP contribution < -0.4 is 4.74 Å². The summed E-state index contributed by atoms with van der Waals surface area (Å²) in [5.41, 5.74) is 1.79. The summed E-state index contributed by atoms with van der Waals surface area (Å²) in [7, 11) is 0. The molecule has 0 amide bonds. The van der Waals surface area contributed by atoms with Crippen molar-refractivity contribution in [1.29, 1.82) is 0 Å². The molecule has 0 spiro atoms. The second-order valence-electron chi connectivity index (χ2n) is 4.03. The lowest BCUT2D eigenvalue weighted by atomic mass is 10.0. The topological polar surface area (TPSA) is 35.3 Å². The van der Waals surface area contributed by atoms with E-state index >= 15 is 0 Å². The van der Waals surface area contributed by atoms with E-state index in [1.165, 1.54) is 6.26 Å². The molecule has 1 aromatic heterocycles. The van der Waals surface area contributed by atoms with Crippen molar-refractivity contribution in [3.8, 4) is 11.8 Å². The number of alkyl halides is 1. The van der Waals surface area contributed by atoms with E-state index in [0.29, 0.717) is 17.5 Å². The maximum Gasteiger partial charge on any atom is 0.399 e. The molecule has 17 heavy (non-hydrogen) atoms. The number of para-hydroxylation sites is 1. The highest BCUT2D eigenvalue weighted by Gasteiger charge is 2.11. The number of benzene rings is 1. The minimum absolute atomic E-state index is 0.230. The first kappa shape index (κ1) is 12.0. The van der Waals surface area contributed by atoms with Crippen LogP contribution in [0.4, 0.5) is 0 Å². The lowest BCUT2D eigenvalue weighted by Crippen LogP contribution is -1.93. The van der Waals surface area contributed by atoms with Gasteiger partial charge in [-0.25, -0.2) is 0 Å². The molecule has 90 valence electrons. The lowest BCUT2D eigenvalue weighted by molar-refractivity contribution is 0.327. The van der Waals surface area contributed by atoms with Crippen LogP contribution in [0.3, 0.4) is 0 Å². The third-order valence-electron chi connectivity index (χ3n) is 2.41. The summed E-state index contributed by atoms with van der Waals surface area (Å²) in [4.78, 5) is 4.10. The van der Waals surface area contributed by atoms with Gasteiger partial charge in [-0.2, -0.15) is 4.98 Å². The van der Waals surface area contributed by atoms with Crippen LogP contribution in [0.15, 0.2) is 34.9 Å². The first-order valence-corrected chi connectivity index (χ1v) is 6.01. The first-order valence-electron chi connectivity index (χ1n) is 5.48. The molecule has 3 nitrogen and oxygen atoms in total. The van der Waals surface area contributed by atoms with Gasteiger partial charge in [0.15, 0.2) is 0 Å². The van der Waals surface area contributed by atoms with Crippen molar-refractivity contribution in [2.45, 2.75) is 25.6 Å². The fourth-order valence-electron chi connectivity index (χ4n) is 1.54. The van der Waals surface area contributed by atoms with Crippen LogP contribution in [0.2, 0.25) is 0 Å². The number of nitrogens with zero attached hydrogens (tertiary/aromatic N) is 1. The molecular formula is C13H14ClNO2. The van der Waals surface area contributed by atoms with Crippen LogP contribution in [0, 0.1) is 0 Å². The summed E-state index contributed by atoms with van der Waals surface area (Å²) in [6.45, 7) is 4.23. The normalized spacial score (nSPS) is 10.8. The van der Waals surface area contributed by atoms with E-state index in [9.17, 15) is 0 Å². The summed E-state index contributed by atoms with van der Waals surface area (Å²) in [5.74, 6) is 1.47. The summed E-state index contributed by atoms with van der Waals surface area (Å²) in [6.07, 6.45) is 1.73. The maximum atomic E-state index is 5.65. The largest absolute Gasteiger partial charge is 0.417 e. The van der Waals surface area contributed by atoms with Crippen molar-refractivity contribution in [1.82, 2.24) is 4.98 Å². The molecule has 1 aromatic carbocycles. The molecular weight excluding hydrogens is 238 g/mol.